The van der Waals surface area contributed by atoms with E-state index in [1.165, 1.54) is 10.9 Å². The maximum atomic E-state index is 4.55. The molecule has 0 spiro atoms. The molecule has 2 N–H and O–H groups in total. The molecule has 0 unspecified atom stereocenters. The van der Waals surface area contributed by atoms with Gasteiger partial charge in [0.2, 0.25) is 0 Å². The summed E-state index contributed by atoms with van der Waals surface area (Å²) in [6, 6.07) is 8.35. The van der Waals surface area contributed by atoms with Gasteiger partial charge in [0.25, 0.3) is 0 Å². The zero-order valence-electron chi connectivity index (χ0n) is 10.5. The van der Waals surface area contributed by atoms with Crippen molar-refractivity contribution in [1.82, 2.24) is 20.4 Å². The van der Waals surface area contributed by atoms with Gasteiger partial charge in [-0.3, -0.25) is 4.68 Å². The molecule has 17 heavy (non-hydrogen) atoms. The summed E-state index contributed by atoms with van der Waals surface area (Å²) < 4.78 is 1.94. The fraction of sp³-hybridized carbons (Fsp3) is 0.462. The molecular weight excluding hydrogens is 212 g/mol. The Morgan fingerprint density at radius 1 is 1.24 bits per heavy atom. The minimum atomic E-state index is 0.838. The standard InChI is InChI=1S/C13H20N4/c1-14-8-5-9-15-10-12-11-6-3-4-7-13(11)17(2)16-12/h3-4,6-7,14-15H,5,8-10H2,1-2H3. The van der Waals surface area contributed by atoms with E-state index >= 15 is 0 Å². The molecule has 1 aromatic carbocycles. The molecule has 0 amide bonds. The molecule has 0 atom stereocenters. The van der Waals surface area contributed by atoms with Crippen LogP contribution >= 0.6 is 0 Å². The van der Waals surface area contributed by atoms with Gasteiger partial charge in [-0.15, -0.1) is 0 Å². The quantitative estimate of drug-likeness (QED) is 0.737. The van der Waals surface area contributed by atoms with E-state index in [0.29, 0.717) is 0 Å². The summed E-state index contributed by atoms with van der Waals surface area (Å²) >= 11 is 0. The zero-order valence-corrected chi connectivity index (χ0v) is 10.5. The molecule has 4 heteroatoms. The number of hydrogen-bond acceptors (Lipinski definition) is 3. The summed E-state index contributed by atoms with van der Waals surface area (Å²) in [6.45, 7) is 2.91. The Kier molecular flexibility index (Phi) is 4.12. The van der Waals surface area contributed by atoms with Gasteiger partial charge in [0, 0.05) is 19.0 Å². The SMILES string of the molecule is CNCCCNCc1nn(C)c2ccccc12. The van der Waals surface area contributed by atoms with Crippen LogP contribution in [0.25, 0.3) is 10.9 Å². The Bertz CT molecular complexity index is 475. The molecule has 0 fully saturated rings. The van der Waals surface area contributed by atoms with E-state index in [1.54, 1.807) is 0 Å². The molecule has 0 bridgehead atoms. The second kappa shape index (κ2) is 5.80. The van der Waals surface area contributed by atoms with E-state index in [0.717, 1.165) is 31.7 Å². The first-order chi connectivity index (χ1) is 8.33. The first kappa shape index (κ1) is 12.1. The molecule has 1 heterocycles. The summed E-state index contributed by atoms with van der Waals surface area (Å²) in [5.74, 6) is 0. The van der Waals surface area contributed by atoms with Crippen molar-refractivity contribution >= 4 is 10.9 Å². The highest BCUT2D eigenvalue weighted by molar-refractivity contribution is 5.81. The van der Waals surface area contributed by atoms with Gasteiger partial charge in [-0.05, 0) is 32.6 Å². The third-order valence-electron chi connectivity index (χ3n) is 2.91. The van der Waals surface area contributed by atoms with Crippen LogP contribution in [0, 0.1) is 0 Å². The molecule has 0 aliphatic heterocycles. The lowest BCUT2D eigenvalue weighted by Crippen LogP contribution is -2.19. The van der Waals surface area contributed by atoms with Gasteiger partial charge in [-0.1, -0.05) is 18.2 Å². The summed E-state index contributed by atoms with van der Waals surface area (Å²) in [5, 5.41) is 12.4. The Morgan fingerprint density at radius 2 is 2.06 bits per heavy atom. The highest BCUT2D eigenvalue weighted by atomic mass is 15.3. The Balaban J connectivity index is 1.99. The molecule has 0 aliphatic rings. The Labute approximate surface area is 102 Å². The number of rotatable bonds is 6. The summed E-state index contributed by atoms with van der Waals surface area (Å²) in [4.78, 5) is 0. The van der Waals surface area contributed by atoms with Crippen LogP contribution in [-0.4, -0.2) is 29.9 Å². The van der Waals surface area contributed by atoms with Gasteiger partial charge in [0.15, 0.2) is 0 Å². The van der Waals surface area contributed by atoms with E-state index < -0.39 is 0 Å². The predicted molar refractivity (Wildman–Crippen MR) is 71.0 cm³/mol. The molecule has 2 rings (SSSR count). The molecule has 92 valence electrons. The molecular formula is C13H20N4. The monoisotopic (exact) mass is 232 g/mol. The molecule has 2 aromatic rings. The van der Waals surface area contributed by atoms with Gasteiger partial charge < -0.3 is 10.6 Å². The van der Waals surface area contributed by atoms with Crippen molar-refractivity contribution in [2.24, 2.45) is 7.05 Å². The average molecular weight is 232 g/mol. The molecule has 0 radical (unpaired) electrons. The normalized spacial score (nSPS) is 11.2. The van der Waals surface area contributed by atoms with Crippen LogP contribution in [0.3, 0.4) is 0 Å². The predicted octanol–water partition coefficient (Wildman–Crippen LogP) is 1.27. The summed E-state index contributed by atoms with van der Waals surface area (Å²) in [5.41, 5.74) is 2.33. The summed E-state index contributed by atoms with van der Waals surface area (Å²) in [6.07, 6.45) is 1.14. The number of benzene rings is 1. The van der Waals surface area contributed by atoms with E-state index in [9.17, 15) is 0 Å². The number of nitrogens with one attached hydrogen (secondary N) is 2. The van der Waals surface area contributed by atoms with Crippen LogP contribution in [0.15, 0.2) is 24.3 Å². The van der Waals surface area contributed by atoms with Crippen molar-refractivity contribution in [1.29, 1.82) is 0 Å². The molecule has 0 saturated heterocycles. The highest BCUT2D eigenvalue weighted by Gasteiger charge is 2.06. The van der Waals surface area contributed by atoms with Gasteiger partial charge in [0.1, 0.15) is 0 Å². The van der Waals surface area contributed by atoms with Gasteiger partial charge >= 0.3 is 0 Å². The number of fused-ring (bicyclic) bond motifs is 1. The van der Waals surface area contributed by atoms with Crippen LogP contribution in [0.5, 0.6) is 0 Å². The molecule has 1 aromatic heterocycles. The minimum absolute atomic E-state index is 0.838. The van der Waals surface area contributed by atoms with E-state index in [-0.39, 0.29) is 0 Å². The second-order valence-corrected chi connectivity index (χ2v) is 4.22. The molecule has 0 aliphatic carbocycles. The maximum Gasteiger partial charge on any atom is 0.0841 e. The number of aromatic nitrogens is 2. The fourth-order valence-corrected chi connectivity index (χ4v) is 2.02. The van der Waals surface area contributed by atoms with E-state index in [1.807, 2.05) is 24.8 Å². The number of para-hydroxylation sites is 1. The van der Waals surface area contributed by atoms with Gasteiger partial charge in [-0.25, -0.2) is 0 Å². The highest BCUT2D eigenvalue weighted by Crippen LogP contribution is 2.16. The van der Waals surface area contributed by atoms with Crippen LogP contribution in [-0.2, 0) is 13.6 Å². The summed E-state index contributed by atoms with van der Waals surface area (Å²) in [7, 11) is 3.97. The van der Waals surface area contributed by atoms with Crippen LogP contribution < -0.4 is 10.6 Å². The smallest absolute Gasteiger partial charge is 0.0841 e. The molecule has 4 nitrogen and oxygen atoms in total. The van der Waals surface area contributed by atoms with Crippen LogP contribution in [0.4, 0.5) is 0 Å². The zero-order chi connectivity index (χ0) is 12.1. The van der Waals surface area contributed by atoms with Crippen molar-refractivity contribution in [2.75, 3.05) is 20.1 Å². The van der Waals surface area contributed by atoms with Crippen molar-refractivity contribution < 1.29 is 0 Å². The first-order valence-electron chi connectivity index (χ1n) is 6.09. The first-order valence-corrected chi connectivity index (χ1v) is 6.09. The van der Waals surface area contributed by atoms with Crippen molar-refractivity contribution in [3.63, 3.8) is 0 Å². The lowest BCUT2D eigenvalue weighted by Gasteiger charge is -2.02. The van der Waals surface area contributed by atoms with Crippen molar-refractivity contribution in [2.45, 2.75) is 13.0 Å². The number of hydrogen-bond donors (Lipinski definition) is 2. The van der Waals surface area contributed by atoms with E-state index in [4.69, 9.17) is 0 Å². The lowest BCUT2D eigenvalue weighted by molar-refractivity contribution is 0.613. The van der Waals surface area contributed by atoms with Gasteiger partial charge in [0.05, 0.1) is 11.2 Å². The van der Waals surface area contributed by atoms with Crippen molar-refractivity contribution in [3.8, 4) is 0 Å². The maximum absolute atomic E-state index is 4.55. The largest absolute Gasteiger partial charge is 0.320 e. The Hall–Kier alpha value is -1.39. The second-order valence-electron chi connectivity index (χ2n) is 4.22. The minimum Gasteiger partial charge on any atom is -0.320 e. The fourth-order valence-electron chi connectivity index (χ4n) is 2.02. The third-order valence-corrected chi connectivity index (χ3v) is 2.91. The molecule has 0 saturated carbocycles. The number of nitrogens with zero attached hydrogens (tertiary/aromatic N) is 2. The third kappa shape index (κ3) is 2.84. The topological polar surface area (TPSA) is 41.9 Å². The van der Waals surface area contributed by atoms with Crippen LogP contribution in [0.1, 0.15) is 12.1 Å². The van der Waals surface area contributed by atoms with E-state index in [2.05, 4.69) is 33.9 Å². The van der Waals surface area contributed by atoms with Gasteiger partial charge in [-0.2, -0.15) is 5.10 Å². The van der Waals surface area contributed by atoms with Crippen molar-refractivity contribution in [3.05, 3.63) is 30.0 Å². The number of aryl methyl sites for hydroxylation is 1. The van der Waals surface area contributed by atoms with Crippen LogP contribution in [0.2, 0.25) is 0 Å². The lowest BCUT2D eigenvalue weighted by atomic mass is 10.2. The average Bonchev–Trinajstić information content (AvgIpc) is 2.67. The Morgan fingerprint density at radius 3 is 2.88 bits per heavy atom.